The van der Waals surface area contributed by atoms with Gasteiger partial charge in [-0.1, -0.05) is 103 Å². The van der Waals surface area contributed by atoms with Crippen LogP contribution in [0.2, 0.25) is 0 Å². The summed E-state index contributed by atoms with van der Waals surface area (Å²) in [7, 11) is 0. The lowest BCUT2D eigenvalue weighted by molar-refractivity contribution is -0.343. The number of carbonyl (C=O) groups is 4. The fourth-order valence-corrected chi connectivity index (χ4v) is 6.65. The molecule has 2 N–H and O–H groups in total. The van der Waals surface area contributed by atoms with Gasteiger partial charge in [0.15, 0.2) is 18.5 Å². The van der Waals surface area contributed by atoms with Crippen molar-refractivity contribution in [1.29, 1.82) is 0 Å². The molecule has 14 heteroatoms. The number of carbonyl (C=O) groups excluding carboxylic acids is 4. The summed E-state index contributed by atoms with van der Waals surface area (Å²) in [4.78, 5) is 54.6. The summed E-state index contributed by atoms with van der Waals surface area (Å²) >= 11 is 0. The molecule has 7 rings (SSSR count). The Bertz CT molecular complexity index is 2160. The molecule has 9 atom stereocenters. The molecule has 5 aromatic rings. The molecule has 2 aliphatic rings. The number of rotatable bonds is 14. The van der Waals surface area contributed by atoms with Gasteiger partial charge in [0.1, 0.15) is 37.1 Å². The number of benzene rings is 5. The molecule has 2 fully saturated rings. The van der Waals surface area contributed by atoms with Crippen molar-refractivity contribution < 1.29 is 67.3 Å². The Morgan fingerprint density at radius 1 is 0.517 bits per heavy atom. The van der Waals surface area contributed by atoms with E-state index in [-0.39, 0.29) is 35.5 Å². The average molecular weight is 819 g/mol. The molecule has 60 heavy (non-hydrogen) atoms. The van der Waals surface area contributed by atoms with Gasteiger partial charge < -0.3 is 48.1 Å². The molecule has 0 spiro atoms. The molecule has 2 aliphatic heterocycles. The number of hydrogen-bond acceptors (Lipinski definition) is 14. The number of hydrogen-bond donors (Lipinski definition) is 2. The molecule has 0 aromatic heterocycles. The van der Waals surface area contributed by atoms with E-state index in [1.54, 1.807) is 84.9 Å². The first-order valence-corrected chi connectivity index (χ1v) is 19.2. The number of aliphatic hydroxyl groups excluding tert-OH is 2. The largest absolute Gasteiger partial charge is 0.459 e. The van der Waals surface area contributed by atoms with Crippen LogP contribution in [0.3, 0.4) is 0 Å². The van der Waals surface area contributed by atoms with Crippen molar-refractivity contribution in [2.24, 2.45) is 0 Å². The van der Waals surface area contributed by atoms with Gasteiger partial charge in [0.25, 0.3) is 0 Å². The van der Waals surface area contributed by atoms with E-state index >= 15 is 0 Å². The summed E-state index contributed by atoms with van der Waals surface area (Å²) < 4.78 is 48.3. The minimum Gasteiger partial charge on any atom is -0.459 e. The molecule has 2 heterocycles. The number of esters is 4. The SMILES string of the molecule is O=C(OCC1O[C@@H](OC(=O)c2ccccc2)C(OC(=O)c2ccccc2)C(O[C@H]2OC[C@@H](O)C(OCc3ccccc3)C2O)[C@@H]1OC(=O)c1ccccc1)c1ccccc1. The lowest BCUT2D eigenvalue weighted by atomic mass is 9.97. The van der Waals surface area contributed by atoms with Gasteiger partial charge in [-0.05, 0) is 54.1 Å². The standard InChI is InChI=1S/C46H42O14/c47-34-27-55-45(36(48)37(34)53-26-29-16-6-1-7-17-29)59-39-38(57-42(50)31-20-10-3-11-21-31)35(28-54-41(49)30-18-8-2-9-19-30)56-46(60-44(52)33-24-14-5-15-25-33)40(39)58-43(51)32-22-12-4-13-23-32/h1-25,34-40,45-48H,26-28H2/t34-,35?,36?,37?,38-,39?,40?,45-,46+/m1/s1. The highest BCUT2D eigenvalue weighted by atomic mass is 16.8. The Balaban J connectivity index is 1.27. The third-order valence-electron chi connectivity index (χ3n) is 9.72. The zero-order valence-corrected chi connectivity index (χ0v) is 32.0. The molecule has 14 nitrogen and oxygen atoms in total. The van der Waals surface area contributed by atoms with Gasteiger partial charge in [-0.25, -0.2) is 19.2 Å². The fraction of sp³-hybridized carbons (Fsp3) is 0.261. The van der Waals surface area contributed by atoms with E-state index in [0.717, 1.165) is 5.56 Å². The van der Waals surface area contributed by atoms with E-state index < -0.39 is 85.8 Å². The Morgan fingerprint density at radius 3 is 1.48 bits per heavy atom. The van der Waals surface area contributed by atoms with Crippen LogP contribution in [-0.2, 0) is 44.5 Å². The third kappa shape index (κ3) is 10.5. The molecule has 0 bridgehead atoms. The zero-order valence-electron chi connectivity index (χ0n) is 32.0. The predicted octanol–water partition coefficient (Wildman–Crippen LogP) is 4.93. The van der Waals surface area contributed by atoms with Crippen molar-refractivity contribution in [2.45, 2.75) is 61.9 Å². The maximum atomic E-state index is 13.9. The minimum atomic E-state index is -1.79. The lowest BCUT2D eigenvalue weighted by Gasteiger charge is -2.46. The summed E-state index contributed by atoms with van der Waals surface area (Å²) in [6.45, 7) is -0.933. The van der Waals surface area contributed by atoms with Crippen LogP contribution in [0.15, 0.2) is 152 Å². The van der Waals surface area contributed by atoms with Gasteiger partial charge in [0, 0.05) is 0 Å². The number of ether oxygens (including phenoxy) is 8. The second-order valence-electron chi connectivity index (χ2n) is 13.9. The molecule has 5 aromatic carbocycles. The van der Waals surface area contributed by atoms with E-state index in [9.17, 15) is 29.4 Å². The van der Waals surface area contributed by atoms with Gasteiger partial charge in [0.2, 0.25) is 6.29 Å². The van der Waals surface area contributed by atoms with Crippen molar-refractivity contribution in [3.05, 3.63) is 179 Å². The monoisotopic (exact) mass is 818 g/mol. The van der Waals surface area contributed by atoms with Crippen molar-refractivity contribution >= 4 is 23.9 Å². The Morgan fingerprint density at radius 2 is 0.967 bits per heavy atom. The average Bonchev–Trinajstić information content (AvgIpc) is 3.29. The maximum absolute atomic E-state index is 13.9. The quantitative estimate of drug-likeness (QED) is 0.114. The predicted molar refractivity (Wildman–Crippen MR) is 210 cm³/mol. The Labute approximate surface area is 345 Å². The summed E-state index contributed by atoms with van der Waals surface area (Å²) in [5, 5.41) is 22.6. The zero-order chi connectivity index (χ0) is 41.8. The molecule has 5 unspecified atom stereocenters. The smallest absolute Gasteiger partial charge is 0.340 e. The van der Waals surface area contributed by atoms with Crippen LogP contribution < -0.4 is 0 Å². The van der Waals surface area contributed by atoms with Crippen molar-refractivity contribution in [2.75, 3.05) is 13.2 Å². The second kappa shape index (κ2) is 20.1. The normalized spacial score (nSPS) is 25.0. The molecule has 0 radical (unpaired) electrons. The van der Waals surface area contributed by atoms with Gasteiger partial charge >= 0.3 is 23.9 Å². The van der Waals surface area contributed by atoms with Crippen LogP contribution in [-0.4, -0.2) is 103 Å². The topological polar surface area (TPSA) is 183 Å². The van der Waals surface area contributed by atoms with Gasteiger partial charge in [-0.15, -0.1) is 0 Å². The molecular weight excluding hydrogens is 776 g/mol. The summed E-state index contributed by atoms with van der Waals surface area (Å²) in [5.41, 5.74) is 1.32. The van der Waals surface area contributed by atoms with E-state index in [4.69, 9.17) is 37.9 Å². The van der Waals surface area contributed by atoms with Crippen LogP contribution >= 0.6 is 0 Å². The van der Waals surface area contributed by atoms with E-state index in [1.165, 1.54) is 36.4 Å². The first kappa shape index (κ1) is 41.9. The Hall–Kier alpha value is -6.26. The summed E-state index contributed by atoms with van der Waals surface area (Å²) in [6, 6.07) is 41.0. The van der Waals surface area contributed by atoms with Crippen molar-refractivity contribution in [3.63, 3.8) is 0 Å². The number of aliphatic hydroxyl groups is 2. The highest BCUT2D eigenvalue weighted by molar-refractivity contribution is 5.91. The van der Waals surface area contributed by atoms with Crippen molar-refractivity contribution in [3.8, 4) is 0 Å². The molecular formula is C46H42O14. The second-order valence-corrected chi connectivity index (χ2v) is 13.9. The maximum Gasteiger partial charge on any atom is 0.340 e. The first-order chi connectivity index (χ1) is 29.2. The summed E-state index contributed by atoms with van der Waals surface area (Å²) in [5.74, 6) is -3.40. The van der Waals surface area contributed by atoms with E-state index in [2.05, 4.69) is 0 Å². The Kier molecular flexibility index (Phi) is 14.1. The third-order valence-corrected chi connectivity index (χ3v) is 9.72. The summed E-state index contributed by atoms with van der Waals surface area (Å²) in [6.07, 6.45) is -14.1. The van der Waals surface area contributed by atoms with E-state index in [0.29, 0.717) is 0 Å². The highest BCUT2D eigenvalue weighted by Crippen LogP contribution is 2.34. The fourth-order valence-electron chi connectivity index (χ4n) is 6.65. The van der Waals surface area contributed by atoms with Crippen LogP contribution in [0.4, 0.5) is 0 Å². The van der Waals surface area contributed by atoms with E-state index in [1.807, 2.05) is 30.3 Å². The molecule has 2 saturated heterocycles. The molecule has 0 aliphatic carbocycles. The van der Waals surface area contributed by atoms with Crippen LogP contribution in [0, 0.1) is 0 Å². The van der Waals surface area contributed by atoms with Crippen LogP contribution in [0.25, 0.3) is 0 Å². The van der Waals surface area contributed by atoms with Crippen LogP contribution in [0.5, 0.6) is 0 Å². The van der Waals surface area contributed by atoms with Gasteiger partial charge in [-0.2, -0.15) is 0 Å². The van der Waals surface area contributed by atoms with Crippen LogP contribution in [0.1, 0.15) is 47.0 Å². The highest BCUT2D eigenvalue weighted by Gasteiger charge is 2.55. The first-order valence-electron chi connectivity index (χ1n) is 19.2. The van der Waals surface area contributed by atoms with Gasteiger partial charge in [0.05, 0.1) is 35.5 Å². The molecule has 0 saturated carbocycles. The lowest BCUT2D eigenvalue weighted by Crippen LogP contribution is -2.65. The van der Waals surface area contributed by atoms with Crippen molar-refractivity contribution in [1.82, 2.24) is 0 Å². The molecule has 0 amide bonds. The van der Waals surface area contributed by atoms with Gasteiger partial charge in [-0.3, -0.25) is 0 Å². The minimum absolute atomic E-state index is 0.0185. The molecule has 310 valence electrons.